The van der Waals surface area contributed by atoms with Crippen LogP contribution in [-0.2, 0) is 0 Å². The molecule has 2 fully saturated rings. The quantitative estimate of drug-likeness (QED) is 0.882. The molecule has 0 atom stereocenters. The third kappa shape index (κ3) is 4.59. The van der Waals surface area contributed by atoms with Gasteiger partial charge >= 0.3 is 0 Å². The minimum Gasteiger partial charge on any atom is -0.389 e. The number of hydrogen-bond donors (Lipinski definition) is 2. The molecule has 1 aliphatic carbocycles. The number of amides is 1. The predicted octanol–water partition coefficient (Wildman–Crippen LogP) is 2.45. The van der Waals surface area contributed by atoms with E-state index in [1.54, 1.807) is 24.3 Å². The maximum atomic E-state index is 12.4. The Morgan fingerprint density at radius 1 is 1.24 bits per heavy atom. The molecular formula is C20H27N3O2. The summed E-state index contributed by atoms with van der Waals surface area (Å²) in [4.78, 5) is 14.8. The average molecular weight is 341 g/mol. The van der Waals surface area contributed by atoms with Gasteiger partial charge in [-0.3, -0.25) is 4.79 Å². The molecule has 2 N–H and O–H groups in total. The second kappa shape index (κ2) is 7.99. The minimum atomic E-state index is -0.514. The van der Waals surface area contributed by atoms with Crippen LogP contribution >= 0.6 is 0 Å². The lowest BCUT2D eigenvalue weighted by Crippen LogP contribution is -2.50. The second-order valence-electron chi connectivity index (χ2n) is 7.47. The zero-order valence-corrected chi connectivity index (χ0v) is 14.7. The van der Waals surface area contributed by atoms with E-state index in [2.05, 4.69) is 16.3 Å². The Hall–Kier alpha value is -1.90. The SMILES string of the molecule is N#Cc1ccccc1C(=O)NC1CCN(CC2(O)CCCCC2)CC1. The van der Waals surface area contributed by atoms with Crippen molar-refractivity contribution >= 4 is 5.91 Å². The Labute approximate surface area is 149 Å². The summed E-state index contributed by atoms with van der Waals surface area (Å²) in [6.07, 6.45) is 7.08. The normalized spacial score (nSPS) is 21.4. The highest BCUT2D eigenvalue weighted by Gasteiger charge is 2.33. The monoisotopic (exact) mass is 341 g/mol. The van der Waals surface area contributed by atoms with Gasteiger partial charge in [-0.15, -0.1) is 0 Å². The highest BCUT2D eigenvalue weighted by molar-refractivity contribution is 5.96. The van der Waals surface area contributed by atoms with E-state index in [9.17, 15) is 9.90 Å². The predicted molar refractivity (Wildman–Crippen MR) is 96.1 cm³/mol. The van der Waals surface area contributed by atoms with Gasteiger partial charge in [-0.25, -0.2) is 0 Å². The van der Waals surface area contributed by atoms with Gasteiger partial charge in [0.25, 0.3) is 5.91 Å². The van der Waals surface area contributed by atoms with Crippen LogP contribution in [-0.4, -0.2) is 47.2 Å². The number of piperidine rings is 1. The summed E-state index contributed by atoms with van der Waals surface area (Å²) < 4.78 is 0. The van der Waals surface area contributed by atoms with Crippen molar-refractivity contribution in [3.63, 3.8) is 0 Å². The van der Waals surface area contributed by atoms with Gasteiger partial charge in [0.2, 0.25) is 0 Å². The van der Waals surface area contributed by atoms with Gasteiger partial charge < -0.3 is 15.3 Å². The Morgan fingerprint density at radius 3 is 2.60 bits per heavy atom. The Bertz CT molecular complexity index is 639. The van der Waals surface area contributed by atoms with E-state index in [1.165, 1.54) is 6.42 Å². The lowest BCUT2D eigenvalue weighted by molar-refractivity contribution is -0.0312. The third-order valence-corrected chi connectivity index (χ3v) is 5.52. The molecule has 1 aromatic carbocycles. The van der Waals surface area contributed by atoms with Crippen LogP contribution in [0, 0.1) is 11.3 Å². The molecule has 1 aromatic rings. The molecule has 0 radical (unpaired) electrons. The summed E-state index contributed by atoms with van der Waals surface area (Å²) in [7, 11) is 0. The van der Waals surface area contributed by atoms with E-state index in [0.29, 0.717) is 11.1 Å². The van der Waals surface area contributed by atoms with Crippen LogP contribution in [0.5, 0.6) is 0 Å². The van der Waals surface area contributed by atoms with Crippen LogP contribution < -0.4 is 5.32 Å². The highest BCUT2D eigenvalue weighted by Crippen LogP contribution is 2.29. The van der Waals surface area contributed by atoms with Gasteiger partial charge in [0.1, 0.15) is 0 Å². The van der Waals surface area contributed by atoms with Gasteiger partial charge in [-0.1, -0.05) is 31.4 Å². The summed E-state index contributed by atoms with van der Waals surface area (Å²) in [6, 6.07) is 9.12. The zero-order chi connectivity index (χ0) is 17.7. The van der Waals surface area contributed by atoms with Crippen molar-refractivity contribution in [3.05, 3.63) is 35.4 Å². The summed E-state index contributed by atoms with van der Waals surface area (Å²) in [5.41, 5.74) is 0.348. The number of aliphatic hydroxyl groups is 1. The van der Waals surface area contributed by atoms with Crippen LogP contribution in [0.15, 0.2) is 24.3 Å². The molecule has 5 nitrogen and oxygen atoms in total. The highest BCUT2D eigenvalue weighted by atomic mass is 16.3. The van der Waals surface area contributed by atoms with E-state index in [1.807, 2.05) is 0 Å². The fraction of sp³-hybridized carbons (Fsp3) is 0.600. The first-order chi connectivity index (χ1) is 12.1. The molecule has 1 heterocycles. The maximum Gasteiger partial charge on any atom is 0.252 e. The molecule has 0 aromatic heterocycles. The number of hydrogen-bond acceptors (Lipinski definition) is 4. The number of carbonyl (C=O) groups is 1. The fourth-order valence-electron chi connectivity index (χ4n) is 4.06. The third-order valence-electron chi connectivity index (χ3n) is 5.52. The molecule has 0 bridgehead atoms. The van der Waals surface area contributed by atoms with Crippen LogP contribution in [0.1, 0.15) is 60.9 Å². The summed E-state index contributed by atoms with van der Waals surface area (Å²) >= 11 is 0. The summed E-state index contributed by atoms with van der Waals surface area (Å²) in [5, 5.41) is 22.9. The Morgan fingerprint density at radius 2 is 1.92 bits per heavy atom. The van der Waals surface area contributed by atoms with Crippen LogP contribution in [0.4, 0.5) is 0 Å². The number of rotatable bonds is 4. The van der Waals surface area contributed by atoms with Crippen LogP contribution in [0.2, 0.25) is 0 Å². The zero-order valence-electron chi connectivity index (χ0n) is 14.7. The van der Waals surface area contributed by atoms with Crippen LogP contribution in [0.25, 0.3) is 0 Å². The van der Waals surface area contributed by atoms with Gasteiger partial charge in [0.15, 0.2) is 0 Å². The lowest BCUT2D eigenvalue weighted by Gasteiger charge is -2.40. The minimum absolute atomic E-state index is 0.136. The number of likely N-dealkylation sites (tertiary alicyclic amines) is 1. The number of nitrogens with zero attached hydrogens (tertiary/aromatic N) is 2. The Kier molecular flexibility index (Phi) is 5.72. The molecule has 25 heavy (non-hydrogen) atoms. The second-order valence-corrected chi connectivity index (χ2v) is 7.47. The smallest absolute Gasteiger partial charge is 0.252 e. The van der Waals surface area contributed by atoms with Crippen molar-refractivity contribution in [2.75, 3.05) is 19.6 Å². The first-order valence-corrected chi connectivity index (χ1v) is 9.34. The van der Waals surface area contributed by atoms with E-state index in [4.69, 9.17) is 5.26 Å². The van der Waals surface area contributed by atoms with E-state index < -0.39 is 5.60 Å². The number of nitriles is 1. The first kappa shape index (κ1) is 17.9. The van der Waals surface area contributed by atoms with Crippen molar-refractivity contribution < 1.29 is 9.90 Å². The number of carbonyl (C=O) groups excluding carboxylic acids is 1. The fourth-order valence-corrected chi connectivity index (χ4v) is 4.06. The van der Waals surface area contributed by atoms with Crippen molar-refractivity contribution in [2.45, 2.75) is 56.6 Å². The van der Waals surface area contributed by atoms with E-state index in [-0.39, 0.29) is 11.9 Å². The molecule has 0 unspecified atom stereocenters. The molecule has 3 rings (SSSR count). The lowest BCUT2D eigenvalue weighted by atomic mass is 9.84. The molecule has 5 heteroatoms. The summed E-state index contributed by atoms with van der Waals surface area (Å²) in [6.45, 7) is 2.55. The molecule has 134 valence electrons. The maximum absolute atomic E-state index is 12.4. The van der Waals surface area contributed by atoms with Gasteiger partial charge in [0.05, 0.1) is 22.8 Å². The Balaban J connectivity index is 1.49. The van der Waals surface area contributed by atoms with Crippen LogP contribution in [0.3, 0.4) is 0 Å². The van der Waals surface area contributed by atoms with E-state index >= 15 is 0 Å². The number of benzene rings is 1. The number of β-amino-alcohol motifs (C(OH)–C–C–N with tert-alkyl or cyclic N) is 1. The standard InChI is InChI=1S/C20H27N3O2/c21-14-16-6-2-3-7-18(16)19(24)22-17-8-12-23(13-9-17)15-20(25)10-4-1-5-11-20/h2-3,6-7,17,25H,1,4-5,8-13,15H2,(H,22,24). The molecule has 1 aliphatic heterocycles. The van der Waals surface area contributed by atoms with Gasteiger partial charge in [-0.2, -0.15) is 5.26 Å². The largest absolute Gasteiger partial charge is 0.389 e. The van der Waals surface area contributed by atoms with Crippen molar-refractivity contribution in [1.29, 1.82) is 5.26 Å². The molecule has 2 aliphatic rings. The van der Waals surface area contributed by atoms with Gasteiger partial charge in [0, 0.05) is 25.7 Å². The first-order valence-electron chi connectivity index (χ1n) is 9.34. The molecule has 1 saturated carbocycles. The van der Waals surface area contributed by atoms with Crippen molar-refractivity contribution in [1.82, 2.24) is 10.2 Å². The van der Waals surface area contributed by atoms with Crippen molar-refractivity contribution in [3.8, 4) is 6.07 Å². The molecular weight excluding hydrogens is 314 g/mol. The summed E-state index contributed by atoms with van der Waals surface area (Å²) in [5.74, 6) is -0.165. The van der Waals surface area contributed by atoms with Gasteiger partial charge in [-0.05, 0) is 37.8 Å². The van der Waals surface area contributed by atoms with Crippen molar-refractivity contribution in [2.24, 2.45) is 0 Å². The topological polar surface area (TPSA) is 76.4 Å². The molecule has 1 saturated heterocycles. The van der Waals surface area contributed by atoms with E-state index in [0.717, 1.165) is 58.2 Å². The number of nitrogens with one attached hydrogen (secondary N) is 1. The molecule has 1 amide bonds. The average Bonchev–Trinajstić information content (AvgIpc) is 2.63. The molecule has 0 spiro atoms.